The zero-order valence-electron chi connectivity index (χ0n) is 7.60. The first-order chi connectivity index (χ1) is 7.04. The quantitative estimate of drug-likeness (QED) is 0.771. The summed E-state index contributed by atoms with van der Waals surface area (Å²) in [6.45, 7) is 3.54. The molecule has 0 spiro atoms. The van der Waals surface area contributed by atoms with Gasteiger partial charge in [-0.3, -0.25) is 4.79 Å². The molecule has 0 saturated carbocycles. The first kappa shape index (κ1) is 12.4. The SMILES string of the molecule is C=C(Cl)COc1c(Cl)cc(Cl)cc1C=O. The molecule has 0 bridgehead atoms. The Labute approximate surface area is 102 Å². The Bertz CT molecular complexity index is 402. The van der Waals surface area contributed by atoms with Crippen molar-refractivity contribution in [1.29, 1.82) is 0 Å². The summed E-state index contributed by atoms with van der Waals surface area (Å²) in [5.74, 6) is 0.262. The molecule has 1 aromatic carbocycles. The summed E-state index contributed by atoms with van der Waals surface area (Å²) in [5, 5.41) is 0.958. The van der Waals surface area contributed by atoms with E-state index in [4.69, 9.17) is 39.5 Å². The van der Waals surface area contributed by atoms with E-state index < -0.39 is 0 Å². The van der Waals surface area contributed by atoms with E-state index in [-0.39, 0.29) is 22.9 Å². The van der Waals surface area contributed by atoms with Gasteiger partial charge in [0.2, 0.25) is 0 Å². The van der Waals surface area contributed by atoms with Gasteiger partial charge in [0.25, 0.3) is 0 Å². The standard InChI is InChI=1S/C10H7Cl3O2/c1-6(11)5-15-10-7(4-14)2-8(12)3-9(10)13/h2-4H,1,5H2. The first-order valence-electron chi connectivity index (χ1n) is 3.95. The average molecular weight is 266 g/mol. The van der Waals surface area contributed by atoms with Crippen molar-refractivity contribution in [3.63, 3.8) is 0 Å². The summed E-state index contributed by atoms with van der Waals surface area (Å²) in [4.78, 5) is 10.7. The minimum Gasteiger partial charge on any atom is -0.486 e. The molecule has 0 unspecified atom stereocenters. The fourth-order valence-corrected chi connectivity index (χ4v) is 1.59. The van der Waals surface area contributed by atoms with Crippen molar-refractivity contribution in [1.82, 2.24) is 0 Å². The Morgan fingerprint density at radius 3 is 2.67 bits per heavy atom. The van der Waals surface area contributed by atoms with Crippen LogP contribution in [0, 0.1) is 0 Å². The number of aldehydes is 1. The number of carbonyl (C=O) groups excluding carboxylic acids is 1. The van der Waals surface area contributed by atoms with Crippen molar-refractivity contribution in [2.45, 2.75) is 0 Å². The Morgan fingerprint density at radius 2 is 2.13 bits per heavy atom. The van der Waals surface area contributed by atoms with E-state index in [0.29, 0.717) is 16.3 Å². The lowest BCUT2D eigenvalue weighted by Gasteiger charge is -2.09. The van der Waals surface area contributed by atoms with E-state index >= 15 is 0 Å². The lowest BCUT2D eigenvalue weighted by Crippen LogP contribution is -2.00. The Morgan fingerprint density at radius 1 is 1.47 bits per heavy atom. The predicted octanol–water partition coefficient (Wildman–Crippen LogP) is 3.94. The van der Waals surface area contributed by atoms with Crippen LogP contribution in [0.3, 0.4) is 0 Å². The normalized spacial score (nSPS) is 9.80. The number of ether oxygens (including phenoxy) is 1. The van der Waals surface area contributed by atoms with Gasteiger partial charge in [0.1, 0.15) is 12.4 Å². The molecule has 0 aliphatic carbocycles. The number of benzene rings is 1. The number of hydrogen-bond donors (Lipinski definition) is 0. The van der Waals surface area contributed by atoms with Gasteiger partial charge < -0.3 is 4.74 Å². The summed E-state index contributed by atoms with van der Waals surface area (Å²) in [5.41, 5.74) is 0.283. The van der Waals surface area contributed by atoms with Crippen LogP contribution in [0.5, 0.6) is 5.75 Å². The van der Waals surface area contributed by atoms with Crippen molar-refractivity contribution in [2.24, 2.45) is 0 Å². The average Bonchev–Trinajstić information content (AvgIpc) is 2.14. The Kier molecular flexibility index (Phi) is 4.45. The van der Waals surface area contributed by atoms with Gasteiger partial charge in [-0.2, -0.15) is 0 Å². The van der Waals surface area contributed by atoms with Crippen molar-refractivity contribution in [2.75, 3.05) is 6.61 Å². The van der Waals surface area contributed by atoms with Crippen LogP contribution in [0.15, 0.2) is 23.7 Å². The van der Waals surface area contributed by atoms with Crippen LogP contribution in [0.4, 0.5) is 0 Å². The van der Waals surface area contributed by atoms with Gasteiger partial charge in [-0.1, -0.05) is 41.4 Å². The summed E-state index contributed by atoms with van der Waals surface area (Å²) >= 11 is 17.1. The third-order valence-electron chi connectivity index (χ3n) is 1.54. The Balaban J connectivity index is 3.04. The van der Waals surface area contributed by atoms with Crippen LogP contribution in [-0.2, 0) is 0 Å². The van der Waals surface area contributed by atoms with Gasteiger partial charge in [0.05, 0.1) is 10.6 Å². The molecular formula is C10H7Cl3O2. The predicted molar refractivity (Wildman–Crippen MR) is 62.3 cm³/mol. The molecule has 1 rings (SSSR count). The zero-order chi connectivity index (χ0) is 11.4. The molecule has 0 atom stereocenters. The molecule has 0 fully saturated rings. The van der Waals surface area contributed by atoms with Gasteiger partial charge in [0, 0.05) is 10.1 Å². The van der Waals surface area contributed by atoms with E-state index in [1.165, 1.54) is 12.1 Å². The molecule has 5 heteroatoms. The van der Waals surface area contributed by atoms with Gasteiger partial charge >= 0.3 is 0 Å². The summed E-state index contributed by atoms with van der Waals surface area (Å²) < 4.78 is 5.22. The third-order valence-corrected chi connectivity index (χ3v) is 2.15. The summed E-state index contributed by atoms with van der Waals surface area (Å²) in [6, 6.07) is 2.95. The van der Waals surface area contributed by atoms with Crippen LogP contribution in [-0.4, -0.2) is 12.9 Å². The smallest absolute Gasteiger partial charge is 0.153 e. The maximum absolute atomic E-state index is 10.7. The number of hydrogen-bond acceptors (Lipinski definition) is 2. The maximum Gasteiger partial charge on any atom is 0.153 e. The van der Waals surface area contributed by atoms with Gasteiger partial charge in [-0.15, -0.1) is 0 Å². The topological polar surface area (TPSA) is 26.3 Å². The summed E-state index contributed by atoms with van der Waals surface area (Å²) in [6.07, 6.45) is 0.615. The molecule has 0 radical (unpaired) electrons. The number of halogens is 3. The second-order valence-electron chi connectivity index (χ2n) is 2.73. The van der Waals surface area contributed by atoms with Gasteiger partial charge in [0.15, 0.2) is 6.29 Å². The van der Waals surface area contributed by atoms with Crippen LogP contribution in [0.1, 0.15) is 10.4 Å². The summed E-state index contributed by atoms with van der Waals surface area (Å²) in [7, 11) is 0. The molecule has 0 N–H and O–H groups in total. The van der Waals surface area contributed by atoms with E-state index in [1.807, 2.05) is 0 Å². The van der Waals surface area contributed by atoms with Gasteiger partial charge in [-0.05, 0) is 12.1 Å². The highest BCUT2D eigenvalue weighted by atomic mass is 35.5. The van der Waals surface area contributed by atoms with Crippen LogP contribution in [0.2, 0.25) is 10.0 Å². The molecule has 1 aromatic rings. The highest BCUT2D eigenvalue weighted by Crippen LogP contribution is 2.31. The van der Waals surface area contributed by atoms with Crippen molar-refractivity contribution < 1.29 is 9.53 Å². The second kappa shape index (κ2) is 5.40. The van der Waals surface area contributed by atoms with Crippen LogP contribution >= 0.6 is 34.8 Å². The molecule has 80 valence electrons. The lowest BCUT2D eigenvalue weighted by atomic mass is 10.2. The van der Waals surface area contributed by atoms with E-state index in [0.717, 1.165) is 0 Å². The first-order valence-corrected chi connectivity index (χ1v) is 5.08. The van der Waals surface area contributed by atoms with Crippen molar-refractivity contribution in [3.05, 3.63) is 39.4 Å². The third kappa shape index (κ3) is 3.42. The highest BCUT2D eigenvalue weighted by Gasteiger charge is 2.10. The van der Waals surface area contributed by atoms with E-state index in [2.05, 4.69) is 6.58 Å². The Hall–Kier alpha value is -0.700. The lowest BCUT2D eigenvalue weighted by molar-refractivity contribution is 0.112. The van der Waals surface area contributed by atoms with Crippen LogP contribution < -0.4 is 4.74 Å². The fraction of sp³-hybridized carbons (Fsp3) is 0.100. The van der Waals surface area contributed by atoms with Crippen molar-refractivity contribution >= 4 is 41.1 Å². The van der Waals surface area contributed by atoms with Crippen molar-refractivity contribution in [3.8, 4) is 5.75 Å². The molecule has 2 nitrogen and oxygen atoms in total. The molecule has 0 aliphatic rings. The number of rotatable bonds is 4. The molecule has 0 saturated heterocycles. The molecule has 0 aromatic heterocycles. The zero-order valence-corrected chi connectivity index (χ0v) is 9.86. The molecule has 0 aliphatic heterocycles. The largest absolute Gasteiger partial charge is 0.486 e. The van der Waals surface area contributed by atoms with E-state index in [9.17, 15) is 4.79 Å². The monoisotopic (exact) mass is 264 g/mol. The van der Waals surface area contributed by atoms with Gasteiger partial charge in [-0.25, -0.2) is 0 Å². The minimum atomic E-state index is 0.0871. The van der Waals surface area contributed by atoms with E-state index in [1.54, 1.807) is 0 Å². The fourth-order valence-electron chi connectivity index (χ4n) is 0.971. The molecule has 0 amide bonds. The highest BCUT2D eigenvalue weighted by molar-refractivity contribution is 6.36. The number of carbonyl (C=O) groups is 1. The second-order valence-corrected chi connectivity index (χ2v) is 4.11. The molecular weight excluding hydrogens is 258 g/mol. The minimum absolute atomic E-state index is 0.0871. The van der Waals surface area contributed by atoms with Crippen LogP contribution in [0.25, 0.3) is 0 Å². The maximum atomic E-state index is 10.7. The molecule has 0 heterocycles. The molecule has 15 heavy (non-hydrogen) atoms.